The number of hydrogen-bond donors (Lipinski definition) is 1. The van der Waals surface area contributed by atoms with Crippen molar-refractivity contribution in [1.82, 2.24) is 0 Å². The normalized spacial score (nSPS) is 15.3. The van der Waals surface area contributed by atoms with E-state index in [1.54, 1.807) is 36.4 Å². The van der Waals surface area contributed by atoms with Gasteiger partial charge in [0.15, 0.2) is 17.2 Å². The molecule has 7 heteroatoms. The van der Waals surface area contributed by atoms with Crippen molar-refractivity contribution >= 4 is 11.0 Å². The van der Waals surface area contributed by atoms with E-state index in [1.807, 2.05) is 19.9 Å². The van der Waals surface area contributed by atoms with Gasteiger partial charge < -0.3 is 24.4 Å². The fourth-order valence-corrected chi connectivity index (χ4v) is 3.65. The van der Waals surface area contributed by atoms with Crippen LogP contribution < -0.4 is 25.6 Å². The quantitative estimate of drug-likeness (QED) is 0.644. The van der Waals surface area contributed by atoms with Gasteiger partial charge in [-0.05, 0) is 43.7 Å². The molecule has 2 heterocycles. The second-order valence-corrected chi connectivity index (χ2v) is 6.63. The summed E-state index contributed by atoms with van der Waals surface area (Å²) in [5.74, 6) is 0.601. The number of nitrogens with zero attached hydrogens (tertiary/aromatic N) is 1. The third kappa shape index (κ3) is 3.12. The van der Waals surface area contributed by atoms with E-state index in [1.165, 1.54) is 0 Å². The van der Waals surface area contributed by atoms with E-state index in [9.17, 15) is 10.1 Å². The summed E-state index contributed by atoms with van der Waals surface area (Å²) in [5.41, 5.74) is 6.91. The molecular formula is C23H20N2O5. The van der Waals surface area contributed by atoms with Gasteiger partial charge in [-0.2, -0.15) is 5.26 Å². The molecule has 30 heavy (non-hydrogen) atoms. The molecule has 1 aliphatic heterocycles. The molecule has 0 spiro atoms. The molecule has 1 atom stereocenters. The number of para-hydroxylation sites is 1. The second-order valence-electron chi connectivity index (χ2n) is 6.63. The zero-order valence-corrected chi connectivity index (χ0v) is 16.6. The topological polar surface area (TPSA) is 108 Å². The van der Waals surface area contributed by atoms with Crippen molar-refractivity contribution in [2.45, 2.75) is 19.8 Å². The lowest BCUT2D eigenvalue weighted by Crippen LogP contribution is -2.26. The Morgan fingerprint density at radius 1 is 1.10 bits per heavy atom. The van der Waals surface area contributed by atoms with E-state index in [0.717, 1.165) is 0 Å². The first-order valence-electron chi connectivity index (χ1n) is 9.61. The molecule has 0 unspecified atom stereocenters. The lowest BCUT2D eigenvalue weighted by molar-refractivity contribution is 0.287. The van der Waals surface area contributed by atoms with E-state index >= 15 is 0 Å². The highest BCUT2D eigenvalue weighted by Crippen LogP contribution is 2.45. The molecule has 0 fully saturated rings. The molecule has 1 aliphatic rings. The van der Waals surface area contributed by atoms with Crippen molar-refractivity contribution in [3.05, 3.63) is 75.5 Å². The lowest BCUT2D eigenvalue weighted by Gasteiger charge is -2.26. The Bertz CT molecular complexity index is 1250. The van der Waals surface area contributed by atoms with Crippen molar-refractivity contribution < 1.29 is 18.6 Å². The van der Waals surface area contributed by atoms with Crippen molar-refractivity contribution in [3.63, 3.8) is 0 Å². The summed E-state index contributed by atoms with van der Waals surface area (Å²) < 4.78 is 22.6. The first-order valence-corrected chi connectivity index (χ1v) is 9.61. The maximum atomic E-state index is 12.9. The Morgan fingerprint density at radius 3 is 2.57 bits per heavy atom. The Labute approximate surface area is 172 Å². The Balaban J connectivity index is 1.98. The van der Waals surface area contributed by atoms with Crippen LogP contribution in [0.4, 0.5) is 0 Å². The zero-order chi connectivity index (χ0) is 21.3. The van der Waals surface area contributed by atoms with Gasteiger partial charge in [0.2, 0.25) is 5.88 Å². The van der Waals surface area contributed by atoms with Gasteiger partial charge in [0.1, 0.15) is 17.2 Å². The fraction of sp³-hybridized carbons (Fsp3) is 0.217. The molecular weight excluding hydrogens is 384 g/mol. The molecule has 0 radical (unpaired) electrons. The molecule has 152 valence electrons. The van der Waals surface area contributed by atoms with Crippen molar-refractivity contribution in [3.8, 4) is 23.3 Å². The minimum absolute atomic E-state index is 0.0439. The molecule has 3 aromatic rings. The summed E-state index contributed by atoms with van der Waals surface area (Å²) in [7, 11) is 0. The number of benzene rings is 2. The van der Waals surface area contributed by atoms with Gasteiger partial charge in [0.05, 0.1) is 30.1 Å². The van der Waals surface area contributed by atoms with Crippen LogP contribution in [0.1, 0.15) is 30.9 Å². The monoisotopic (exact) mass is 404 g/mol. The number of nitriles is 1. The average Bonchev–Trinajstić information content (AvgIpc) is 2.74. The van der Waals surface area contributed by atoms with Gasteiger partial charge in [-0.3, -0.25) is 0 Å². The van der Waals surface area contributed by atoms with Gasteiger partial charge in [-0.15, -0.1) is 0 Å². The second kappa shape index (κ2) is 7.84. The van der Waals surface area contributed by atoms with Crippen LogP contribution in [0.25, 0.3) is 11.0 Å². The van der Waals surface area contributed by atoms with Gasteiger partial charge in [-0.25, -0.2) is 4.79 Å². The summed E-state index contributed by atoms with van der Waals surface area (Å²) in [6, 6.07) is 14.4. The van der Waals surface area contributed by atoms with Crippen LogP contribution in [0, 0.1) is 11.3 Å². The van der Waals surface area contributed by atoms with E-state index in [4.69, 9.17) is 24.4 Å². The van der Waals surface area contributed by atoms with Crippen molar-refractivity contribution in [2.75, 3.05) is 13.2 Å². The van der Waals surface area contributed by atoms with E-state index in [0.29, 0.717) is 47.0 Å². The van der Waals surface area contributed by atoms with E-state index in [2.05, 4.69) is 6.07 Å². The predicted molar refractivity (Wildman–Crippen MR) is 111 cm³/mol. The standard InChI is InChI=1S/C23H20N2O5/c1-3-27-17-10-9-13(11-18(17)28-4-2)19-15(12-24)22(25)30-21-14-7-5-6-8-16(14)29-23(26)20(19)21/h5-11,19H,3-4,25H2,1-2H3/t19-/m1/s1. The molecule has 1 aromatic heterocycles. The van der Waals surface area contributed by atoms with Crippen molar-refractivity contribution in [2.24, 2.45) is 5.73 Å². The number of nitrogens with two attached hydrogens (primary N) is 1. The summed E-state index contributed by atoms with van der Waals surface area (Å²) in [5, 5.41) is 10.4. The SMILES string of the molecule is CCOc1ccc([C@@H]2C(C#N)=C(N)Oc3c2c(=O)oc2ccccc32)cc1OCC. The van der Waals surface area contributed by atoms with Gasteiger partial charge in [-0.1, -0.05) is 18.2 Å². The molecule has 0 amide bonds. The van der Waals surface area contributed by atoms with E-state index in [-0.39, 0.29) is 17.0 Å². The summed E-state index contributed by atoms with van der Waals surface area (Å²) in [6.07, 6.45) is 0. The molecule has 0 saturated heterocycles. The van der Waals surface area contributed by atoms with Crippen LogP contribution in [0.5, 0.6) is 17.2 Å². The van der Waals surface area contributed by atoms with Gasteiger partial charge in [0.25, 0.3) is 0 Å². The highest BCUT2D eigenvalue weighted by Gasteiger charge is 2.35. The minimum Gasteiger partial charge on any atom is -0.490 e. The highest BCUT2D eigenvalue weighted by atomic mass is 16.5. The minimum atomic E-state index is -0.755. The van der Waals surface area contributed by atoms with Gasteiger partial charge in [0, 0.05) is 0 Å². The van der Waals surface area contributed by atoms with E-state index < -0.39 is 11.5 Å². The van der Waals surface area contributed by atoms with Crippen LogP contribution in [0.3, 0.4) is 0 Å². The van der Waals surface area contributed by atoms with Crippen LogP contribution in [-0.2, 0) is 0 Å². The lowest BCUT2D eigenvalue weighted by atomic mass is 9.83. The molecule has 2 N–H and O–H groups in total. The predicted octanol–water partition coefficient (Wildman–Crippen LogP) is 3.81. The van der Waals surface area contributed by atoms with Crippen molar-refractivity contribution in [1.29, 1.82) is 5.26 Å². The van der Waals surface area contributed by atoms with Crippen LogP contribution in [0.2, 0.25) is 0 Å². The smallest absolute Gasteiger partial charge is 0.344 e. The largest absolute Gasteiger partial charge is 0.490 e. The molecule has 7 nitrogen and oxygen atoms in total. The Hall–Kier alpha value is -3.92. The molecule has 2 aromatic carbocycles. The summed E-state index contributed by atoms with van der Waals surface area (Å²) >= 11 is 0. The number of fused-ring (bicyclic) bond motifs is 3. The Morgan fingerprint density at radius 2 is 1.83 bits per heavy atom. The zero-order valence-electron chi connectivity index (χ0n) is 16.6. The fourth-order valence-electron chi connectivity index (χ4n) is 3.65. The third-order valence-electron chi connectivity index (χ3n) is 4.87. The summed E-state index contributed by atoms with van der Waals surface area (Å²) in [4.78, 5) is 12.9. The summed E-state index contributed by atoms with van der Waals surface area (Å²) in [6.45, 7) is 4.66. The van der Waals surface area contributed by atoms with Crippen LogP contribution in [0.15, 0.2) is 63.1 Å². The Kier molecular flexibility index (Phi) is 5.07. The first kappa shape index (κ1) is 19.4. The highest BCUT2D eigenvalue weighted by molar-refractivity contribution is 5.86. The molecule has 0 bridgehead atoms. The molecule has 0 saturated carbocycles. The number of hydrogen-bond acceptors (Lipinski definition) is 7. The first-order chi connectivity index (χ1) is 14.6. The molecule has 4 rings (SSSR count). The molecule has 0 aliphatic carbocycles. The number of ether oxygens (including phenoxy) is 3. The number of rotatable bonds is 5. The average molecular weight is 404 g/mol. The van der Waals surface area contributed by atoms with Crippen LogP contribution >= 0.6 is 0 Å². The maximum absolute atomic E-state index is 12.9. The van der Waals surface area contributed by atoms with Gasteiger partial charge >= 0.3 is 5.63 Å². The maximum Gasteiger partial charge on any atom is 0.344 e. The third-order valence-corrected chi connectivity index (χ3v) is 4.87. The van der Waals surface area contributed by atoms with Crippen LogP contribution in [-0.4, -0.2) is 13.2 Å². The number of allylic oxidation sites excluding steroid dienone is 1.